The van der Waals surface area contributed by atoms with E-state index in [9.17, 15) is 0 Å². The minimum atomic E-state index is 0.508. The van der Waals surface area contributed by atoms with Crippen molar-refractivity contribution in [2.45, 2.75) is 66.0 Å². The first-order chi connectivity index (χ1) is 9.54. The molecule has 0 saturated carbocycles. The van der Waals surface area contributed by atoms with E-state index in [1.807, 2.05) is 11.3 Å². The molecule has 0 aliphatic carbocycles. The monoisotopic (exact) mass is 295 g/mol. The van der Waals surface area contributed by atoms with Gasteiger partial charge in [-0.15, -0.1) is 11.3 Å². The van der Waals surface area contributed by atoms with E-state index in [1.54, 1.807) is 0 Å². The molecule has 2 heterocycles. The van der Waals surface area contributed by atoms with Gasteiger partial charge >= 0.3 is 0 Å². The van der Waals surface area contributed by atoms with E-state index in [1.165, 1.54) is 35.1 Å². The largest absolute Gasteiger partial charge is 0.345 e. The molecule has 4 heteroatoms. The average Bonchev–Trinajstić information content (AvgIpc) is 3.02. The minimum absolute atomic E-state index is 0.508. The molecule has 0 spiro atoms. The second kappa shape index (κ2) is 6.90. The van der Waals surface area contributed by atoms with Crippen LogP contribution in [0.2, 0.25) is 0 Å². The Bertz CT molecular complexity index is 425. The first-order valence-corrected chi connectivity index (χ1v) is 8.83. The van der Waals surface area contributed by atoms with Crippen molar-refractivity contribution in [2.75, 3.05) is 18.0 Å². The van der Waals surface area contributed by atoms with Crippen molar-refractivity contribution in [1.82, 2.24) is 10.3 Å². The van der Waals surface area contributed by atoms with Crippen LogP contribution in [-0.2, 0) is 6.54 Å². The second-order valence-corrected chi connectivity index (χ2v) is 7.45. The molecule has 114 valence electrons. The number of hydrogen-bond donors (Lipinski definition) is 1. The summed E-state index contributed by atoms with van der Waals surface area (Å²) in [7, 11) is 0. The average molecular weight is 295 g/mol. The quantitative estimate of drug-likeness (QED) is 0.860. The van der Waals surface area contributed by atoms with Gasteiger partial charge in [0.05, 0.1) is 5.69 Å². The van der Waals surface area contributed by atoms with Crippen LogP contribution in [0, 0.1) is 5.92 Å². The number of aromatic nitrogens is 1. The number of nitrogens with zero attached hydrogens (tertiary/aromatic N) is 2. The zero-order valence-corrected chi connectivity index (χ0v) is 14.4. The van der Waals surface area contributed by atoms with Gasteiger partial charge in [-0.1, -0.05) is 34.6 Å². The lowest BCUT2D eigenvalue weighted by atomic mass is 10.0. The van der Waals surface area contributed by atoms with Gasteiger partial charge < -0.3 is 10.2 Å². The van der Waals surface area contributed by atoms with Crippen molar-refractivity contribution < 1.29 is 0 Å². The van der Waals surface area contributed by atoms with Crippen LogP contribution in [0.25, 0.3) is 0 Å². The Kier molecular flexibility index (Phi) is 5.44. The number of hydrogen-bond acceptors (Lipinski definition) is 4. The van der Waals surface area contributed by atoms with E-state index in [-0.39, 0.29) is 0 Å². The van der Waals surface area contributed by atoms with Gasteiger partial charge in [-0.25, -0.2) is 4.98 Å². The standard InChI is InChI=1S/C16H29N3S/c1-6-17-10-14-15(12(4)5)18-16(20-14)19-9-7-8-13(19)11(2)3/h11-13,17H,6-10H2,1-5H3. The highest BCUT2D eigenvalue weighted by molar-refractivity contribution is 7.15. The summed E-state index contributed by atoms with van der Waals surface area (Å²) in [5.74, 6) is 1.22. The second-order valence-electron chi connectivity index (χ2n) is 6.39. The van der Waals surface area contributed by atoms with E-state index < -0.39 is 0 Å². The third-order valence-electron chi connectivity index (χ3n) is 4.11. The molecule has 0 amide bonds. The lowest BCUT2D eigenvalue weighted by Crippen LogP contribution is -2.33. The van der Waals surface area contributed by atoms with E-state index in [0.29, 0.717) is 17.9 Å². The number of thiazole rings is 1. The molecule has 2 rings (SSSR count). The Labute approximate surface area is 127 Å². The van der Waals surface area contributed by atoms with Crippen molar-refractivity contribution >= 4 is 16.5 Å². The molecule has 0 bridgehead atoms. The molecule has 0 aromatic carbocycles. The van der Waals surface area contributed by atoms with Crippen molar-refractivity contribution in [3.63, 3.8) is 0 Å². The van der Waals surface area contributed by atoms with Crippen molar-refractivity contribution in [3.05, 3.63) is 10.6 Å². The summed E-state index contributed by atoms with van der Waals surface area (Å²) in [6.07, 6.45) is 2.62. The van der Waals surface area contributed by atoms with Crippen LogP contribution in [0.4, 0.5) is 5.13 Å². The van der Waals surface area contributed by atoms with Crippen LogP contribution in [0.15, 0.2) is 0 Å². The lowest BCUT2D eigenvalue weighted by Gasteiger charge is -2.27. The van der Waals surface area contributed by atoms with Crippen LogP contribution in [0.3, 0.4) is 0 Å². The van der Waals surface area contributed by atoms with Crippen LogP contribution >= 0.6 is 11.3 Å². The Morgan fingerprint density at radius 3 is 2.70 bits per heavy atom. The summed E-state index contributed by atoms with van der Waals surface area (Å²) >= 11 is 1.90. The Hall–Kier alpha value is -0.610. The van der Waals surface area contributed by atoms with Gasteiger partial charge in [0.25, 0.3) is 0 Å². The van der Waals surface area contributed by atoms with Gasteiger partial charge in [-0.3, -0.25) is 0 Å². The van der Waals surface area contributed by atoms with Gasteiger partial charge in [0, 0.05) is 24.0 Å². The Morgan fingerprint density at radius 2 is 2.10 bits per heavy atom. The molecular weight excluding hydrogens is 266 g/mol. The van der Waals surface area contributed by atoms with Crippen LogP contribution in [0.5, 0.6) is 0 Å². The smallest absolute Gasteiger partial charge is 0.186 e. The fourth-order valence-corrected chi connectivity index (χ4v) is 4.28. The van der Waals surface area contributed by atoms with Gasteiger partial charge in [-0.05, 0) is 31.2 Å². The molecule has 1 N–H and O–H groups in total. The third-order valence-corrected chi connectivity index (χ3v) is 5.22. The molecule has 1 fully saturated rings. The Morgan fingerprint density at radius 1 is 1.35 bits per heavy atom. The minimum Gasteiger partial charge on any atom is -0.345 e. The third kappa shape index (κ3) is 3.34. The fourth-order valence-electron chi connectivity index (χ4n) is 3.01. The number of nitrogens with one attached hydrogen (secondary N) is 1. The van der Waals surface area contributed by atoms with E-state index in [0.717, 1.165) is 13.1 Å². The zero-order valence-electron chi connectivity index (χ0n) is 13.6. The summed E-state index contributed by atoms with van der Waals surface area (Å²) in [6, 6.07) is 0.674. The van der Waals surface area contributed by atoms with Crippen molar-refractivity contribution in [3.8, 4) is 0 Å². The molecule has 20 heavy (non-hydrogen) atoms. The van der Waals surface area contributed by atoms with E-state index >= 15 is 0 Å². The molecule has 1 aromatic rings. The first-order valence-electron chi connectivity index (χ1n) is 8.01. The highest BCUT2D eigenvalue weighted by Crippen LogP contribution is 2.36. The maximum Gasteiger partial charge on any atom is 0.186 e. The highest BCUT2D eigenvalue weighted by Gasteiger charge is 2.30. The molecule has 1 aliphatic heterocycles. The molecule has 1 unspecified atom stereocenters. The normalized spacial score (nSPS) is 19.6. The summed E-state index contributed by atoms with van der Waals surface area (Å²) in [5.41, 5.74) is 1.29. The van der Waals surface area contributed by atoms with Gasteiger partial charge in [0.1, 0.15) is 0 Å². The fraction of sp³-hybridized carbons (Fsp3) is 0.812. The predicted octanol–water partition coefficient (Wildman–Crippen LogP) is 4.00. The maximum atomic E-state index is 4.98. The molecule has 3 nitrogen and oxygen atoms in total. The molecule has 1 atom stereocenters. The first kappa shape index (κ1) is 15.8. The molecule has 0 radical (unpaired) electrons. The van der Waals surface area contributed by atoms with E-state index in [2.05, 4.69) is 44.8 Å². The van der Waals surface area contributed by atoms with Gasteiger partial charge in [-0.2, -0.15) is 0 Å². The summed E-state index contributed by atoms with van der Waals surface area (Å²) in [4.78, 5) is 8.96. The zero-order chi connectivity index (χ0) is 14.7. The molecule has 1 aromatic heterocycles. The SMILES string of the molecule is CCNCc1sc(N2CCCC2C(C)C)nc1C(C)C. The summed E-state index contributed by atoms with van der Waals surface area (Å²) in [6.45, 7) is 14.5. The molecular formula is C16H29N3S. The molecule has 1 saturated heterocycles. The van der Waals surface area contributed by atoms with Gasteiger partial charge in [0.15, 0.2) is 5.13 Å². The van der Waals surface area contributed by atoms with Crippen molar-refractivity contribution in [1.29, 1.82) is 0 Å². The summed E-state index contributed by atoms with van der Waals surface area (Å²) < 4.78 is 0. The number of rotatable bonds is 6. The topological polar surface area (TPSA) is 28.2 Å². The Balaban J connectivity index is 2.23. The predicted molar refractivity (Wildman–Crippen MR) is 88.8 cm³/mol. The maximum absolute atomic E-state index is 4.98. The van der Waals surface area contributed by atoms with Crippen LogP contribution in [0.1, 0.15) is 63.9 Å². The van der Waals surface area contributed by atoms with Crippen LogP contribution < -0.4 is 10.2 Å². The lowest BCUT2D eigenvalue weighted by molar-refractivity contribution is 0.491. The van der Waals surface area contributed by atoms with Crippen molar-refractivity contribution in [2.24, 2.45) is 5.92 Å². The van der Waals surface area contributed by atoms with Crippen LogP contribution in [-0.4, -0.2) is 24.1 Å². The highest BCUT2D eigenvalue weighted by atomic mass is 32.1. The van der Waals surface area contributed by atoms with Gasteiger partial charge in [0.2, 0.25) is 0 Å². The summed E-state index contributed by atoms with van der Waals surface area (Å²) in [5, 5.41) is 4.70. The van der Waals surface area contributed by atoms with E-state index in [4.69, 9.17) is 4.98 Å². The molecule has 1 aliphatic rings. The number of anilines is 1.